The molecule has 11 heavy (non-hydrogen) atoms. The van der Waals surface area contributed by atoms with E-state index in [1.54, 1.807) is 0 Å². The first-order valence-corrected chi connectivity index (χ1v) is 13.1. The van der Waals surface area contributed by atoms with Gasteiger partial charge in [0.25, 0.3) is 0 Å². The molecule has 0 aromatic heterocycles. The maximum atomic E-state index is 5.78. The van der Waals surface area contributed by atoms with Crippen LogP contribution in [0.2, 0.25) is 3.43 Å². The van der Waals surface area contributed by atoms with Crippen LogP contribution in [-0.2, 0) is 4.43 Å². The maximum absolute atomic E-state index is 5.78. The summed E-state index contributed by atoms with van der Waals surface area (Å²) < 4.78 is 6.42. The van der Waals surface area contributed by atoms with Gasteiger partial charge in [0.05, 0.1) is 0 Å². The van der Waals surface area contributed by atoms with Crippen molar-refractivity contribution < 1.29 is 4.43 Å². The van der Waals surface area contributed by atoms with Crippen LogP contribution in [0.4, 0.5) is 0 Å². The van der Waals surface area contributed by atoms with Crippen molar-refractivity contribution in [2.45, 2.75) is 50.6 Å². The predicted molar refractivity (Wildman–Crippen MR) is 54.9 cm³/mol. The monoisotopic (exact) mass is 280 g/mol. The fourth-order valence-corrected chi connectivity index (χ4v) is 8.41. The van der Waals surface area contributed by atoms with Gasteiger partial charge in [-0.05, 0) is 0 Å². The Hall–Kier alpha value is 0.976. The number of rotatable bonds is 4. The second-order valence-electron chi connectivity index (χ2n) is 3.96. The molecule has 0 saturated heterocycles. The summed E-state index contributed by atoms with van der Waals surface area (Å²) in [5, 5.41) is 0. The molecule has 1 unspecified atom stereocenters. The number of hydrogen-bond acceptors (Lipinski definition) is 1. The third kappa shape index (κ3) is 8.89. The van der Waals surface area contributed by atoms with Crippen molar-refractivity contribution in [2.75, 3.05) is 0 Å². The summed E-state index contributed by atoms with van der Waals surface area (Å²) in [6.07, 6.45) is 1.71. The van der Waals surface area contributed by atoms with Gasteiger partial charge in [-0.2, -0.15) is 0 Å². The van der Waals surface area contributed by atoms with Crippen LogP contribution in [0.1, 0.15) is 41.0 Å². The second-order valence-corrected chi connectivity index (χ2v) is 14.7. The van der Waals surface area contributed by atoms with E-state index >= 15 is 0 Å². The molecule has 0 heterocycles. The Morgan fingerprint density at radius 1 is 1.45 bits per heavy atom. The summed E-state index contributed by atoms with van der Waals surface area (Å²) in [5.41, 5.74) is 0. The van der Waals surface area contributed by atoms with Gasteiger partial charge in [-0.25, -0.2) is 0 Å². The Balaban J connectivity index is 3.28. The Morgan fingerprint density at radius 2 is 2.00 bits per heavy atom. The minimum absolute atomic E-state index is 0.0813. The average molecular weight is 279 g/mol. The Morgan fingerprint density at radius 3 is 2.36 bits per heavy atom. The Labute approximate surface area is 82.5 Å². The quantitative estimate of drug-likeness (QED) is 0.712. The molecule has 0 aromatic carbocycles. The van der Waals surface area contributed by atoms with E-state index in [2.05, 4.69) is 34.6 Å². The van der Waals surface area contributed by atoms with Gasteiger partial charge < -0.3 is 0 Å². The molecule has 3 heteroatoms. The zero-order valence-electron chi connectivity index (χ0n) is 8.40. The zero-order valence-corrected chi connectivity index (χ0v) is 12.7. The fraction of sp³-hybridized carbons (Fsp3) is 1.00. The predicted octanol–water partition coefficient (Wildman–Crippen LogP) is 1.72. The molecule has 2 radical (unpaired) electrons. The van der Waals surface area contributed by atoms with Crippen molar-refractivity contribution in [1.29, 1.82) is 0 Å². The fourth-order valence-electron chi connectivity index (χ4n) is 0.518. The molecule has 1 atom stereocenters. The van der Waals surface area contributed by atoms with Crippen molar-refractivity contribution in [3.05, 3.63) is 0 Å². The summed E-state index contributed by atoms with van der Waals surface area (Å²) >= 11 is -0.149. The molecule has 0 bridgehead atoms. The van der Waals surface area contributed by atoms with E-state index in [0.29, 0.717) is 9.53 Å². The van der Waals surface area contributed by atoms with Crippen molar-refractivity contribution in [3.63, 3.8) is 0 Å². The summed E-state index contributed by atoms with van der Waals surface area (Å²) in [5.74, 6) is 0. The van der Waals surface area contributed by atoms with Gasteiger partial charge in [0, 0.05) is 0 Å². The Bertz CT molecular complexity index is 101. The molecule has 0 aliphatic rings. The van der Waals surface area contributed by atoms with E-state index in [9.17, 15) is 0 Å². The van der Waals surface area contributed by atoms with Gasteiger partial charge in [-0.15, -0.1) is 0 Å². The average Bonchev–Trinajstić information content (AvgIpc) is 1.85. The molecule has 0 aliphatic carbocycles. The van der Waals surface area contributed by atoms with E-state index in [4.69, 9.17) is 4.43 Å². The van der Waals surface area contributed by atoms with E-state index in [1.165, 1.54) is 6.42 Å². The van der Waals surface area contributed by atoms with Crippen LogP contribution in [0.5, 0.6) is 0 Å². The van der Waals surface area contributed by atoms with Gasteiger partial charge in [0.1, 0.15) is 0 Å². The molecular formula is C8H20OSiSn. The van der Waals surface area contributed by atoms with Gasteiger partial charge in [0.15, 0.2) is 0 Å². The van der Waals surface area contributed by atoms with Crippen LogP contribution in [-0.4, -0.2) is 33.7 Å². The third-order valence-electron chi connectivity index (χ3n) is 1.55. The van der Waals surface area contributed by atoms with Crippen LogP contribution in [0.15, 0.2) is 0 Å². The van der Waals surface area contributed by atoms with Crippen LogP contribution in [0, 0.1) is 0 Å². The van der Waals surface area contributed by atoms with E-state index in [0.717, 1.165) is 0 Å². The number of hydrogen-bond donors (Lipinski definition) is 0. The molecule has 0 fully saturated rings. The molecule has 1 nitrogen and oxygen atoms in total. The van der Waals surface area contributed by atoms with Crippen molar-refractivity contribution in [2.24, 2.45) is 0 Å². The topological polar surface area (TPSA) is 9.23 Å². The summed E-state index contributed by atoms with van der Waals surface area (Å²) in [6.45, 7) is 11.4. The van der Waals surface area contributed by atoms with E-state index in [1.807, 2.05) is 0 Å². The van der Waals surface area contributed by atoms with Gasteiger partial charge in [-0.1, -0.05) is 0 Å². The van der Waals surface area contributed by atoms with Crippen LogP contribution >= 0.6 is 0 Å². The summed E-state index contributed by atoms with van der Waals surface area (Å²) in [4.78, 5) is 0. The van der Waals surface area contributed by atoms with Crippen LogP contribution in [0.3, 0.4) is 0 Å². The SMILES string of the molecule is CCC(C)O[SiH2][Sn][C](C)(C)C. The molecule has 66 valence electrons. The van der Waals surface area contributed by atoms with E-state index in [-0.39, 0.29) is 27.6 Å². The molecule has 0 rings (SSSR count). The van der Waals surface area contributed by atoms with Gasteiger partial charge >= 0.3 is 82.6 Å². The third-order valence-corrected chi connectivity index (χ3v) is 15.2. The van der Waals surface area contributed by atoms with Crippen molar-refractivity contribution in [1.82, 2.24) is 0 Å². The first kappa shape index (κ1) is 12.0. The Kier molecular flexibility index (Phi) is 6.09. The summed E-state index contributed by atoms with van der Waals surface area (Å²) in [7, 11) is -0.0813. The summed E-state index contributed by atoms with van der Waals surface area (Å²) in [6, 6.07) is 0. The first-order valence-electron chi connectivity index (χ1n) is 4.32. The minimum atomic E-state index is -0.149. The van der Waals surface area contributed by atoms with Crippen LogP contribution in [0.25, 0.3) is 0 Å². The van der Waals surface area contributed by atoms with Crippen molar-refractivity contribution in [3.8, 4) is 0 Å². The molecule has 0 aromatic rings. The van der Waals surface area contributed by atoms with Crippen molar-refractivity contribution >= 4 is 27.6 Å². The van der Waals surface area contributed by atoms with E-state index < -0.39 is 0 Å². The normalized spacial score (nSPS) is 16.1. The standard InChI is InChI=1S/C4H11OSi.C4H9.Sn/c1-3-4(2)5-6;1-4(2)3;/h4H,3,6H2,1-2H3;1-3H3;. The van der Waals surface area contributed by atoms with Crippen LogP contribution < -0.4 is 0 Å². The molecule has 0 N–H and O–H groups in total. The first-order chi connectivity index (χ1) is 4.95. The van der Waals surface area contributed by atoms with Gasteiger partial charge in [0.2, 0.25) is 0 Å². The molecule has 0 saturated carbocycles. The zero-order chi connectivity index (χ0) is 8.91. The molecule has 0 aliphatic heterocycles. The molecule has 0 amide bonds. The second kappa shape index (κ2) is 5.59. The van der Waals surface area contributed by atoms with Gasteiger partial charge in [-0.3, -0.25) is 0 Å². The molecule has 0 spiro atoms. The molecular weight excluding hydrogens is 259 g/mol.